The Morgan fingerprint density at radius 3 is 2.75 bits per heavy atom. The summed E-state index contributed by atoms with van der Waals surface area (Å²) in [7, 11) is 1.44. The van der Waals surface area contributed by atoms with Gasteiger partial charge in [0.2, 0.25) is 0 Å². The number of halogens is 2. The number of aromatic nitrogens is 1. The molecular weight excluding hydrogens is 362 g/mol. The molecule has 0 bridgehead atoms. The molecule has 1 aromatic heterocycles. The molecule has 5 nitrogen and oxygen atoms in total. The van der Waals surface area contributed by atoms with Gasteiger partial charge in [0.1, 0.15) is 5.82 Å². The van der Waals surface area contributed by atoms with Crippen molar-refractivity contribution in [2.45, 2.75) is 19.9 Å². The first-order valence-electron chi connectivity index (χ1n) is 9.20. The lowest BCUT2D eigenvalue weighted by atomic mass is 10.1. The van der Waals surface area contributed by atoms with Gasteiger partial charge in [-0.1, -0.05) is 6.07 Å². The second-order valence-electron chi connectivity index (χ2n) is 6.34. The third-order valence-electron chi connectivity index (χ3n) is 4.40. The number of guanidine groups is 1. The minimum Gasteiger partial charge on any atom is -0.494 e. The molecule has 2 aromatic carbocycles. The summed E-state index contributed by atoms with van der Waals surface area (Å²) in [5.41, 5.74) is 2.65. The van der Waals surface area contributed by atoms with E-state index in [2.05, 4.69) is 20.6 Å². The highest BCUT2D eigenvalue weighted by atomic mass is 19.1. The van der Waals surface area contributed by atoms with Gasteiger partial charge in [0.05, 0.1) is 13.7 Å². The Kier molecular flexibility index (Phi) is 6.47. The number of fused-ring (bicyclic) bond motifs is 1. The van der Waals surface area contributed by atoms with Crippen molar-refractivity contribution >= 4 is 16.9 Å². The number of ether oxygens (including phenoxy) is 1. The molecular formula is C21H24F2N4O. The number of benzene rings is 2. The number of nitrogens with zero attached hydrogens (tertiary/aromatic N) is 1. The van der Waals surface area contributed by atoms with Gasteiger partial charge in [0.25, 0.3) is 0 Å². The molecule has 3 N–H and O–H groups in total. The summed E-state index contributed by atoms with van der Waals surface area (Å²) >= 11 is 0. The molecule has 0 radical (unpaired) electrons. The standard InChI is InChI=1S/C21H24F2N4O/c1-3-24-21(27-12-14-4-7-20(28-2)18(23)10-14)25-9-8-15-13-26-19-11-16(22)5-6-17(15)19/h4-7,10-11,13,26H,3,8-9,12H2,1-2H3,(H2,24,25,27). The molecule has 0 aliphatic carbocycles. The zero-order valence-electron chi connectivity index (χ0n) is 16.0. The molecule has 0 amide bonds. The quantitative estimate of drug-likeness (QED) is 0.428. The largest absolute Gasteiger partial charge is 0.494 e. The van der Waals surface area contributed by atoms with Crippen molar-refractivity contribution in [3.05, 3.63) is 65.4 Å². The van der Waals surface area contributed by atoms with Crippen LogP contribution in [0.4, 0.5) is 8.78 Å². The van der Waals surface area contributed by atoms with E-state index in [4.69, 9.17) is 4.74 Å². The molecule has 3 aromatic rings. The van der Waals surface area contributed by atoms with E-state index in [0.29, 0.717) is 19.0 Å². The van der Waals surface area contributed by atoms with Gasteiger partial charge in [-0.2, -0.15) is 0 Å². The van der Waals surface area contributed by atoms with Crippen molar-refractivity contribution in [2.75, 3.05) is 20.2 Å². The van der Waals surface area contributed by atoms with Gasteiger partial charge in [-0.05, 0) is 54.8 Å². The molecule has 1 heterocycles. The van der Waals surface area contributed by atoms with Gasteiger partial charge in [0, 0.05) is 30.2 Å². The van der Waals surface area contributed by atoms with Crippen molar-refractivity contribution in [3.63, 3.8) is 0 Å². The maximum atomic E-state index is 13.8. The number of aromatic amines is 1. The van der Waals surface area contributed by atoms with Gasteiger partial charge in [0.15, 0.2) is 17.5 Å². The van der Waals surface area contributed by atoms with Crippen LogP contribution in [0, 0.1) is 11.6 Å². The molecule has 0 spiro atoms. The second kappa shape index (κ2) is 9.21. The van der Waals surface area contributed by atoms with Crippen LogP contribution in [0.3, 0.4) is 0 Å². The van der Waals surface area contributed by atoms with Gasteiger partial charge in [-0.15, -0.1) is 0 Å². The van der Waals surface area contributed by atoms with Crippen LogP contribution in [-0.4, -0.2) is 31.1 Å². The fraction of sp³-hybridized carbons (Fsp3) is 0.286. The average Bonchev–Trinajstić information content (AvgIpc) is 3.08. The van der Waals surface area contributed by atoms with Crippen molar-refractivity contribution in [2.24, 2.45) is 4.99 Å². The van der Waals surface area contributed by atoms with E-state index in [9.17, 15) is 8.78 Å². The lowest BCUT2D eigenvalue weighted by Crippen LogP contribution is -2.38. The molecule has 0 aliphatic rings. The summed E-state index contributed by atoms with van der Waals surface area (Å²) < 4.78 is 32.0. The predicted molar refractivity (Wildman–Crippen MR) is 108 cm³/mol. The Balaban J connectivity index is 1.60. The fourth-order valence-corrected chi connectivity index (χ4v) is 3.00. The zero-order valence-corrected chi connectivity index (χ0v) is 16.0. The highest BCUT2D eigenvalue weighted by Crippen LogP contribution is 2.20. The van der Waals surface area contributed by atoms with Crippen molar-refractivity contribution in [3.8, 4) is 5.75 Å². The van der Waals surface area contributed by atoms with E-state index < -0.39 is 5.82 Å². The number of rotatable bonds is 7. The van der Waals surface area contributed by atoms with Crippen LogP contribution >= 0.6 is 0 Å². The Labute approximate surface area is 162 Å². The SMILES string of the molecule is CCNC(=NCc1ccc(OC)c(F)c1)NCCc1c[nH]c2cc(F)ccc12. The van der Waals surface area contributed by atoms with Crippen LogP contribution < -0.4 is 15.4 Å². The predicted octanol–water partition coefficient (Wildman–Crippen LogP) is 3.75. The summed E-state index contributed by atoms with van der Waals surface area (Å²) in [6.07, 6.45) is 2.66. The smallest absolute Gasteiger partial charge is 0.191 e. The lowest BCUT2D eigenvalue weighted by Gasteiger charge is -2.11. The number of H-pyrrole nitrogens is 1. The third-order valence-corrected chi connectivity index (χ3v) is 4.40. The highest BCUT2D eigenvalue weighted by Gasteiger charge is 2.06. The Bertz CT molecular complexity index is 968. The van der Waals surface area contributed by atoms with Gasteiger partial charge < -0.3 is 20.4 Å². The van der Waals surface area contributed by atoms with Crippen LogP contribution in [0.15, 0.2) is 47.6 Å². The summed E-state index contributed by atoms with van der Waals surface area (Å²) in [6.45, 7) is 3.71. The molecule has 0 saturated carbocycles. The number of hydrogen-bond donors (Lipinski definition) is 3. The number of nitrogens with one attached hydrogen (secondary N) is 3. The first-order chi connectivity index (χ1) is 13.6. The van der Waals surface area contributed by atoms with E-state index in [-0.39, 0.29) is 11.6 Å². The Morgan fingerprint density at radius 2 is 2.00 bits per heavy atom. The number of aliphatic imine (C=N–C) groups is 1. The summed E-state index contributed by atoms with van der Waals surface area (Å²) in [5, 5.41) is 7.47. The monoisotopic (exact) mass is 386 g/mol. The maximum absolute atomic E-state index is 13.8. The van der Waals surface area contributed by atoms with Gasteiger partial charge >= 0.3 is 0 Å². The third kappa shape index (κ3) is 4.79. The van der Waals surface area contributed by atoms with Crippen LogP contribution in [0.2, 0.25) is 0 Å². The minimum atomic E-state index is -0.399. The van der Waals surface area contributed by atoms with E-state index in [1.807, 2.05) is 13.1 Å². The summed E-state index contributed by atoms with van der Waals surface area (Å²) in [5.74, 6) is 0.223. The first-order valence-corrected chi connectivity index (χ1v) is 9.20. The Morgan fingerprint density at radius 1 is 1.14 bits per heavy atom. The average molecular weight is 386 g/mol. The van der Waals surface area contributed by atoms with Crippen molar-refractivity contribution in [1.29, 1.82) is 0 Å². The molecule has 3 rings (SSSR count). The Hall–Kier alpha value is -3.09. The molecule has 0 saturated heterocycles. The fourth-order valence-electron chi connectivity index (χ4n) is 3.00. The molecule has 148 valence electrons. The molecule has 0 unspecified atom stereocenters. The molecule has 0 atom stereocenters. The van der Waals surface area contributed by atoms with Crippen molar-refractivity contribution in [1.82, 2.24) is 15.6 Å². The minimum absolute atomic E-state index is 0.219. The number of methoxy groups -OCH3 is 1. The van der Waals surface area contributed by atoms with E-state index in [0.717, 1.165) is 35.0 Å². The molecule has 28 heavy (non-hydrogen) atoms. The van der Waals surface area contributed by atoms with E-state index in [1.54, 1.807) is 18.2 Å². The van der Waals surface area contributed by atoms with E-state index >= 15 is 0 Å². The normalized spacial score (nSPS) is 11.6. The van der Waals surface area contributed by atoms with Crippen LogP contribution in [0.1, 0.15) is 18.1 Å². The number of hydrogen-bond acceptors (Lipinski definition) is 2. The van der Waals surface area contributed by atoms with Crippen LogP contribution in [0.5, 0.6) is 5.75 Å². The van der Waals surface area contributed by atoms with Gasteiger partial charge in [-0.3, -0.25) is 0 Å². The highest BCUT2D eigenvalue weighted by molar-refractivity contribution is 5.83. The zero-order chi connectivity index (χ0) is 19.9. The first kappa shape index (κ1) is 19.7. The topological polar surface area (TPSA) is 61.4 Å². The summed E-state index contributed by atoms with van der Waals surface area (Å²) in [6, 6.07) is 9.56. The lowest BCUT2D eigenvalue weighted by molar-refractivity contribution is 0.386. The second-order valence-corrected chi connectivity index (χ2v) is 6.34. The molecule has 7 heteroatoms. The van der Waals surface area contributed by atoms with Gasteiger partial charge in [-0.25, -0.2) is 13.8 Å². The van der Waals surface area contributed by atoms with Crippen molar-refractivity contribution < 1.29 is 13.5 Å². The van der Waals surface area contributed by atoms with Crippen LogP contribution in [-0.2, 0) is 13.0 Å². The molecule has 0 aliphatic heterocycles. The molecule has 0 fully saturated rings. The maximum Gasteiger partial charge on any atom is 0.191 e. The van der Waals surface area contributed by atoms with Crippen LogP contribution in [0.25, 0.3) is 10.9 Å². The van der Waals surface area contributed by atoms with E-state index in [1.165, 1.54) is 25.3 Å². The summed E-state index contributed by atoms with van der Waals surface area (Å²) in [4.78, 5) is 7.60.